The average molecular weight is 309 g/mol. The average Bonchev–Trinajstić information content (AvgIpc) is 2.61. The Bertz CT molecular complexity index is 787. The maximum Gasteiger partial charge on any atom is 0.227 e. The van der Waals surface area contributed by atoms with E-state index in [4.69, 9.17) is 9.84 Å². The van der Waals surface area contributed by atoms with Crippen LogP contribution < -0.4 is 9.47 Å². The minimum absolute atomic E-state index is 0.0625. The van der Waals surface area contributed by atoms with Gasteiger partial charge in [-0.2, -0.15) is 4.73 Å². The number of rotatable bonds is 6. The van der Waals surface area contributed by atoms with Gasteiger partial charge in [-0.25, -0.2) is 0 Å². The maximum absolute atomic E-state index is 12.4. The quantitative estimate of drug-likeness (QED) is 0.562. The van der Waals surface area contributed by atoms with Crippen molar-refractivity contribution in [1.82, 2.24) is 0 Å². The van der Waals surface area contributed by atoms with Crippen molar-refractivity contribution < 1.29 is 14.6 Å². The van der Waals surface area contributed by atoms with Gasteiger partial charge in [0.15, 0.2) is 5.69 Å². The first-order chi connectivity index (χ1) is 11.3. The van der Waals surface area contributed by atoms with Crippen LogP contribution in [0.2, 0.25) is 0 Å². The minimum Gasteiger partial charge on any atom is -0.618 e. The largest absolute Gasteiger partial charge is 0.618 e. The number of aliphatic hydroxyl groups excluding tert-OH is 1. The topological polar surface area (TPSA) is 56.4 Å². The van der Waals surface area contributed by atoms with Crippen molar-refractivity contribution in [3.05, 3.63) is 77.1 Å². The lowest BCUT2D eigenvalue weighted by Crippen LogP contribution is -2.33. The van der Waals surface area contributed by atoms with E-state index in [-0.39, 0.29) is 6.61 Å². The first kappa shape index (κ1) is 15.3. The molecule has 0 fully saturated rings. The fraction of sp³-hybridized carbons (Fsp3) is 0.211. The van der Waals surface area contributed by atoms with Crippen LogP contribution in [-0.4, -0.2) is 11.7 Å². The number of pyridine rings is 1. The number of hydrogen-bond acceptors (Lipinski definition) is 3. The molecule has 0 saturated carbocycles. The van der Waals surface area contributed by atoms with Gasteiger partial charge in [0.1, 0.15) is 12.4 Å². The summed E-state index contributed by atoms with van der Waals surface area (Å²) in [6.45, 7) is 0.514. The zero-order valence-electron chi connectivity index (χ0n) is 12.8. The summed E-state index contributed by atoms with van der Waals surface area (Å²) in [6, 6.07) is 19.1. The van der Waals surface area contributed by atoms with E-state index in [1.54, 1.807) is 12.1 Å². The van der Waals surface area contributed by atoms with Gasteiger partial charge in [-0.3, -0.25) is 0 Å². The van der Waals surface area contributed by atoms with Crippen molar-refractivity contribution >= 4 is 10.9 Å². The second-order valence-corrected chi connectivity index (χ2v) is 5.41. The molecule has 0 amide bonds. The molecule has 0 aliphatic rings. The molecule has 3 aromatic rings. The van der Waals surface area contributed by atoms with Gasteiger partial charge in [0.2, 0.25) is 5.52 Å². The van der Waals surface area contributed by atoms with Crippen LogP contribution in [0.3, 0.4) is 0 Å². The van der Waals surface area contributed by atoms with E-state index >= 15 is 0 Å². The summed E-state index contributed by atoms with van der Waals surface area (Å²) in [5.41, 5.74) is 2.28. The molecule has 2 aromatic carbocycles. The molecule has 4 heteroatoms. The van der Waals surface area contributed by atoms with E-state index in [1.807, 2.05) is 48.5 Å². The number of aliphatic hydroxyl groups is 1. The van der Waals surface area contributed by atoms with Gasteiger partial charge in [-0.1, -0.05) is 42.5 Å². The second-order valence-electron chi connectivity index (χ2n) is 5.41. The van der Waals surface area contributed by atoms with Crippen molar-refractivity contribution in [2.24, 2.45) is 0 Å². The molecule has 1 N–H and O–H groups in total. The van der Waals surface area contributed by atoms with Crippen LogP contribution in [0.15, 0.2) is 60.7 Å². The standard InChI is InChI=1S/C19H19NO3/c21-12-6-9-16-13-19(23-14-15-7-2-1-3-8-15)17-10-4-5-11-18(17)20(16)22/h1-5,7-8,10-11,13,21H,6,9,12,14H2. The van der Waals surface area contributed by atoms with Crippen LogP contribution in [0.5, 0.6) is 5.75 Å². The van der Waals surface area contributed by atoms with Gasteiger partial charge in [-0.15, -0.1) is 0 Å². The second kappa shape index (κ2) is 7.11. The third-order valence-electron chi connectivity index (χ3n) is 3.78. The van der Waals surface area contributed by atoms with Gasteiger partial charge in [0.25, 0.3) is 0 Å². The number of nitrogens with zero attached hydrogens (tertiary/aromatic N) is 1. The third kappa shape index (κ3) is 3.43. The Labute approximate surface area is 135 Å². The van der Waals surface area contributed by atoms with Crippen LogP contribution in [0.4, 0.5) is 0 Å². The van der Waals surface area contributed by atoms with Crippen LogP contribution in [0.1, 0.15) is 17.7 Å². The molecule has 4 nitrogen and oxygen atoms in total. The Hall–Kier alpha value is -2.59. The predicted molar refractivity (Wildman–Crippen MR) is 89.1 cm³/mol. The van der Waals surface area contributed by atoms with Gasteiger partial charge in [0, 0.05) is 25.2 Å². The highest BCUT2D eigenvalue weighted by molar-refractivity contribution is 5.82. The Morgan fingerprint density at radius 3 is 2.52 bits per heavy atom. The van der Waals surface area contributed by atoms with Crippen molar-refractivity contribution in [3.8, 4) is 5.75 Å². The lowest BCUT2D eigenvalue weighted by molar-refractivity contribution is -0.586. The number of aromatic nitrogens is 1. The first-order valence-corrected chi connectivity index (χ1v) is 7.71. The molecule has 0 aliphatic carbocycles. The van der Waals surface area contributed by atoms with Crippen LogP contribution in [0.25, 0.3) is 10.9 Å². The third-order valence-corrected chi connectivity index (χ3v) is 3.78. The van der Waals surface area contributed by atoms with E-state index in [0.29, 0.717) is 36.4 Å². The zero-order valence-corrected chi connectivity index (χ0v) is 12.8. The molecule has 3 rings (SSSR count). The van der Waals surface area contributed by atoms with E-state index in [9.17, 15) is 5.21 Å². The van der Waals surface area contributed by atoms with Crippen molar-refractivity contribution in [2.45, 2.75) is 19.4 Å². The summed E-state index contributed by atoms with van der Waals surface area (Å²) in [4.78, 5) is 0. The Balaban J connectivity index is 1.95. The Morgan fingerprint density at radius 2 is 1.74 bits per heavy atom. The smallest absolute Gasteiger partial charge is 0.227 e. The number of aryl methyl sites for hydroxylation is 1. The lowest BCUT2D eigenvalue weighted by atomic mass is 10.1. The summed E-state index contributed by atoms with van der Waals surface area (Å²) in [6.07, 6.45) is 1.07. The summed E-state index contributed by atoms with van der Waals surface area (Å²) in [5, 5.41) is 22.2. The van der Waals surface area contributed by atoms with Crippen LogP contribution >= 0.6 is 0 Å². The molecule has 0 unspecified atom stereocenters. The van der Waals surface area contributed by atoms with Crippen molar-refractivity contribution in [1.29, 1.82) is 0 Å². The molecule has 0 aliphatic heterocycles. The van der Waals surface area contributed by atoms with Gasteiger partial charge < -0.3 is 15.1 Å². The predicted octanol–water partition coefficient (Wildman–Crippen LogP) is 2.98. The van der Waals surface area contributed by atoms with E-state index < -0.39 is 0 Å². The van der Waals surface area contributed by atoms with E-state index in [2.05, 4.69) is 0 Å². The molecule has 118 valence electrons. The van der Waals surface area contributed by atoms with Gasteiger partial charge in [-0.05, 0) is 18.1 Å². The summed E-state index contributed by atoms with van der Waals surface area (Å²) < 4.78 is 6.90. The van der Waals surface area contributed by atoms with Gasteiger partial charge in [0.05, 0.1) is 5.39 Å². The fourth-order valence-electron chi connectivity index (χ4n) is 2.59. The highest BCUT2D eigenvalue weighted by Crippen LogP contribution is 2.25. The Kier molecular flexibility index (Phi) is 4.74. The highest BCUT2D eigenvalue weighted by atomic mass is 16.5. The van der Waals surface area contributed by atoms with Gasteiger partial charge >= 0.3 is 0 Å². The number of para-hydroxylation sites is 1. The lowest BCUT2D eigenvalue weighted by Gasteiger charge is -2.13. The van der Waals surface area contributed by atoms with Crippen LogP contribution in [-0.2, 0) is 13.0 Å². The zero-order chi connectivity index (χ0) is 16.1. The molecule has 1 aromatic heterocycles. The molecule has 0 saturated heterocycles. The summed E-state index contributed by atoms with van der Waals surface area (Å²) in [7, 11) is 0. The molecule has 0 bridgehead atoms. The van der Waals surface area contributed by atoms with E-state index in [1.165, 1.54) is 0 Å². The fourth-order valence-corrected chi connectivity index (χ4v) is 2.59. The van der Waals surface area contributed by atoms with Crippen molar-refractivity contribution in [2.75, 3.05) is 6.61 Å². The number of benzene rings is 2. The summed E-state index contributed by atoms with van der Waals surface area (Å²) in [5.74, 6) is 0.699. The number of ether oxygens (including phenoxy) is 1. The number of hydrogen-bond donors (Lipinski definition) is 1. The molecule has 1 heterocycles. The molecule has 0 spiro atoms. The first-order valence-electron chi connectivity index (χ1n) is 7.71. The molecule has 0 atom stereocenters. The normalized spacial score (nSPS) is 10.8. The van der Waals surface area contributed by atoms with E-state index in [0.717, 1.165) is 15.7 Å². The summed E-state index contributed by atoms with van der Waals surface area (Å²) >= 11 is 0. The number of fused-ring (bicyclic) bond motifs is 1. The minimum atomic E-state index is 0.0625. The Morgan fingerprint density at radius 1 is 1.00 bits per heavy atom. The molecular weight excluding hydrogens is 290 g/mol. The highest BCUT2D eigenvalue weighted by Gasteiger charge is 2.16. The monoisotopic (exact) mass is 309 g/mol. The molecular formula is C19H19NO3. The van der Waals surface area contributed by atoms with Crippen molar-refractivity contribution in [3.63, 3.8) is 0 Å². The van der Waals surface area contributed by atoms with Crippen LogP contribution in [0, 0.1) is 5.21 Å². The maximum atomic E-state index is 12.4. The molecule has 0 radical (unpaired) electrons. The molecule has 23 heavy (non-hydrogen) atoms. The SMILES string of the molecule is [O-][n+]1c(CCCO)cc(OCc2ccccc2)c2ccccc21.